The van der Waals surface area contributed by atoms with Crippen LogP contribution in [0.4, 0.5) is 4.39 Å². The molecule has 0 amide bonds. The molecule has 0 bridgehead atoms. The molecule has 4 heteroatoms. The highest BCUT2D eigenvalue weighted by Gasteiger charge is 2.14. The lowest BCUT2D eigenvalue weighted by Gasteiger charge is -2.15. The van der Waals surface area contributed by atoms with Crippen molar-refractivity contribution in [3.05, 3.63) is 35.1 Å². The molecule has 104 valence electrons. The summed E-state index contributed by atoms with van der Waals surface area (Å²) in [5, 5.41) is 8.89. The van der Waals surface area contributed by atoms with E-state index >= 15 is 0 Å². The van der Waals surface area contributed by atoms with Crippen LogP contribution in [-0.4, -0.2) is 17.2 Å². The van der Waals surface area contributed by atoms with Crippen LogP contribution in [0, 0.1) is 5.82 Å². The largest absolute Gasteiger partial charge is 0.478 e. The van der Waals surface area contributed by atoms with Gasteiger partial charge in [0.15, 0.2) is 0 Å². The van der Waals surface area contributed by atoms with Gasteiger partial charge in [0, 0.05) is 5.56 Å². The molecule has 0 aromatic heterocycles. The van der Waals surface area contributed by atoms with Crippen molar-refractivity contribution in [2.75, 3.05) is 0 Å². The fourth-order valence-electron chi connectivity index (χ4n) is 2.43. The van der Waals surface area contributed by atoms with E-state index in [2.05, 4.69) is 0 Å². The molecule has 1 N–H and O–H groups in total. The monoisotopic (exact) mass is 266 g/mol. The highest BCUT2D eigenvalue weighted by Crippen LogP contribution is 2.21. The van der Waals surface area contributed by atoms with Crippen LogP contribution in [0.2, 0.25) is 0 Å². The smallest absolute Gasteiger partial charge is 0.335 e. The molecule has 0 radical (unpaired) electrons. The third kappa shape index (κ3) is 4.03. The molecule has 3 nitrogen and oxygen atoms in total. The van der Waals surface area contributed by atoms with Crippen molar-refractivity contribution in [2.45, 2.75) is 51.2 Å². The van der Waals surface area contributed by atoms with Gasteiger partial charge in [0.2, 0.25) is 0 Å². The van der Waals surface area contributed by atoms with Gasteiger partial charge in [0.05, 0.1) is 18.3 Å². The SMILES string of the molecule is O=C(O)c1ccc(F)c(COC2CCCCCC2)c1. The number of rotatable bonds is 4. The minimum atomic E-state index is -1.05. The number of carboxylic acids is 1. The summed E-state index contributed by atoms with van der Waals surface area (Å²) < 4.78 is 19.3. The van der Waals surface area contributed by atoms with E-state index in [1.54, 1.807) is 0 Å². The Morgan fingerprint density at radius 3 is 2.58 bits per heavy atom. The molecule has 1 fully saturated rings. The van der Waals surface area contributed by atoms with Gasteiger partial charge in [-0.1, -0.05) is 25.7 Å². The Bertz CT molecular complexity index is 437. The van der Waals surface area contributed by atoms with Crippen LogP contribution in [0.1, 0.15) is 54.4 Å². The minimum Gasteiger partial charge on any atom is -0.478 e. The number of carboxylic acid groups (broad SMARTS) is 1. The summed E-state index contributed by atoms with van der Waals surface area (Å²) in [6, 6.07) is 3.82. The zero-order chi connectivity index (χ0) is 13.7. The lowest BCUT2D eigenvalue weighted by molar-refractivity contribution is 0.0295. The van der Waals surface area contributed by atoms with Crippen molar-refractivity contribution in [3.63, 3.8) is 0 Å². The maximum Gasteiger partial charge on any atom is 0.335 e. The average Bonchev–Trinajstić information content (AvgIpc) is 2.66. The van der Waals surface area contributed by atoms with Gasteiger partial charge < -0.3 is 9.84 Å². The average molecular weight is 266 g/mol. The van der Waals surface area contributed by atoms with Crippen LogP contribution in [0.15, 0.2) is 18.2 Å². The van der Waals surface area contributed by atoms with E-state index in [1.807, 2.05) is 0 Å². The lowest BCUT2D eigenvalue weighted by Crippen LogP contribution is -2.12. The lowest BCUT2D eigenvalue weighted by atomic mass is 10.1. The highest BCUT2D eigenvalue weighted by molar-refractivity contribution is 5.87. The summed E-state index contributed by atoms with van der Waals surface area (Å²) >= 11 is 0. The van der Waals surface area contributed by atoms with Crippen molar-refractivity contribution >= 4 is 5.97 Å². The van der Waals surface area contributed by atoms with E-state index in [9.17, 15) is 9.18 Å². The molecular formula is C15H19FO3. The molecule has 0 spiro atoms. The topological polar surface area (TPSA) is 46.5 Å². The van der Waals surface area contributed by atoms with Gasteiger partial charge in [-0.2, -0.15) is 0 Å². The Balaban J connectivity index is 1.97. The first-order valence-corrected chi connectivity index (χ1v) is 6.80. The summed E-state index contributed by atoms with van der Waals surface area (Å²) in [5.74, 6) is -1.45. The normalized spacial score (nSPS) is 17.1. The Morgan fingerprint density at radius 2 is 1.95 bits per heavy atom. The molecule has 1 saturated carbocycles. The van der Waals surface area contributed by atoms with Crippen molar-refractivity contribution in [1.29, 1.82) is 0 Å². The summed E-state index contributed by atoms with van der Waals surface area (Å²) in [6.07, 6.45) is 6.99. The van der Waals surface area contributed by atoms with E-state index in [4.69, 9.17) is 9.84 Å². The molecule has 0 aliphatic heterocycles. The Labute approximate surface area is 112 Å². The molecule has 1 aromatic rings. The summed E-state index contributed by atoms with van der Waals surface area (Å²) in [6.45, 7) is 0.150. The standard InChI is InChI=1S/C15H19FO3/c16-14-8-7-11(15(17)18)9-12(14)10-19-13-5-3-1-2-4-6-13/h7-9,13H,1-6,10H2,(H,17,18). The number of benzene rings is 1. The van der Waals surface area contributed by atoms with Crippen LogP contribution < -0.4 is 0 Å². The molecule has 0 atom stereocenters. The molecule has 1 aliphatic carbocycles. The third-order valence-corrected chi connectivity index (χ3v) is 3.57. The molecule has 0 heterocycles. The van der Waals surface area contributed by atoms with Crippen LogP contribution in [0.5, 0.6) is 0 Å². The first-order chi connectivity index (χ1) is 9.16. The molecular weight excluding hydrogens is 247 g/mol. The van der Waals surface area contributed by atoms with Crippen molar-refractivity contribution < 1.29 is 19.0 Å². The zero-order valence-electron chi connectivity index (χ0n) is 10.9. The quantitative estimate of drug-likeness (QED) is 0.844. The fraction of sp³-hybridized carbons (Fsp3) is 0.533. The van der Waals surface area contributed by atoms with Crippen LogP contribution in [0.3, 0.4) is 0 Å². The van der Waals surface area contributed by atoms with Crippen molar-refractivity contribution in [2.24, 2.45) is 0 Å². The zero-order valence-corrected chi connectivity index (χ0v) is 10.9. The van der Waals surface area contributed by atoms with Gasteiger partial charge in [-0.15, -0.1) is 0 Å². The van der Waals surface area contributed by atoms with Gasteiger partial charge in [-0.3, -0.25) is 0 Å². The molecule has 0 unspecified atom stereocenters. The third-order valence-electron chi connectivity index (χ3n) is 3.57. The van der Waals surface area contributed by atoms with Crippen LogP contribution in [0.25, 0.3) is 0 Å². The second kappa shape index (κ2) is 6.66. The van der Waals surface area contributed by atoms with Crippen molar-refractivity contribution in [3.8, 4) is 0 Å². The summed E-state index contributed by atoms with van der Waals surface area (Å²) in [7, 11) is 0. The van der Waals surface area contributed by atoms with Gasteiger partial charge in [-0.25, -0.2) is 9.18 Å². The van der Waals surface area contributed by atoms with Gasteiger partial charge >= 0.3 is 5.97 Å². The van der Waals surface area contributed by atoms with Crippen molar-refractivity contribution in [1.82, 2.24) is 0 Å². The van der Waals surface area contributed by atoms with E-state index in [1.165, 1.54) is 31.0 Å². The van der Waals surface area contributed by atoms with E-state index < -0.39 is 11.8 Å². The second-order valence-corrected chi connectivity index (χ2v) is 5.04. The fourth-order valence-corrected chi connectivity index (χ4v) is 2.43. The highest BCUT2D eigenvalue weighted by atomic mass is 19.1. The summed E-state index contributed by atoms with van der Waals surface area (Å²) in [4.78, 5) is 10.9. The molecule has 2 rings (SSSR count). The number of hydrogen-bond donors (Lipinski definition) is 1. The Kier molecular flexibility index (Phi) is 4.91. The van der Waals surface area contributed by atoms with Gasteiger partial charge in [0.25, 0.3) is 0 Å². The number of aromatic carboxylic acids is 1. The Hall–Kier alpha value is -1.42. The minimum absolute atomic E-state index is 0.0980. The molecule has 1 aromatic carbocycles. The first kappa shape index (κ1) is 14.0. The molecule has 19 heavy (non-hydrogen) atoms. The summed E-state index contributed by atoms with van der Waals surface area (Å²) in [5.41, 5.74) is 0.421. The maximum absolute atomic E-state index is 13.6. The number of halogens is 1. The van der Waals surface area contributed by atoms with Crippen LogP contribution in [-0.2, 0) is 11.3 Å². The second-order valence-electron chi connectivity index (χ2n) is 5.04. The van der Waals surface area contributed by atoms with E-state index in [-0.39, 0.29) is 18.3 Å². The van der Waals surface area contributed by atoms with E-state index in [0.717, 1.165) is 25.7 Å². The van der Waals surface area contributed by atoms with Crippen LogP contribution >= 0.6 is 0 Å². The van der Waals surface area contributed by atoms with Gasteiger partial charge in [-0.05, 0) is 31.0 Å². The molecule has 1 aliphatic rings. The number of ether oxygens (including phenoxy) is 1. The number of carbonyl (C=O) groups is 1. The van der Waals surface area contributed by atoms with E-state index in [0.29, 0.717) is 5.56 Å². The predicted molar refractivity (Wildman–Crippen MR) is 69.6 cm³/mol. The maximum atomic E-state index is 13.6. The predicted octanol–water partition coefficient (Wildman–Crippen LogP) is 3.76. The number of hydrogen-bond acceptors (Lipinski definition) is 2. The Morgan fingerprint density at radius 1 is 1.26 bits per heavy atom. The molecule has 0 saturated heterocycles. The van der Waals surface area contributed by atoms with Gasteiger partial charge in [0.1, 0.15) is 5.82 Å². The first-order valence-electron chi connectivity index (χ1n) is 6.80.